The van der Waals surface area contributed by atoms with Gasteiger partial charge >= 0.3 is 0 Å². The molecule has 0 saturated heterocycles. The van der Waals surface area contributed by atoms with Crippen LogP contribution in [0.5, 0.6) is 0 Å². The number of aliphatic imine (C=N–C) groups is 1. The monoisotopic (exact) mass is 127 g/mol. The summed E-state index contributed by atoms with van der Waals surface area (Å²) < 4.78 is 0. The van der Waals surface area contributed by atoms with Crippen molar-refractivity contribution in [2.45, 2.75) is 19.3 Å². The van der Waals surface area contributed by atoms with Crippen LogP contribution in [0, 0.1) is 5.92 Å². The molecule has 0 radical (unpaired) electrons. The Bertz CT molecular complexity index is 112. The second kappa shape index (κ2) is 2.95. The minimum absolute atomic E-state index is 0.838. The minimum Gasteiger partial charge on any atom is -0.232 e. The van der Waals surface area contributed by atoms with Crippen LogP contribution in [0.25, 0.3) is 0 Å². The van der Waals surface area contributed by atoms with Crippen LogP contribution in [-0.2, 0) is 0 Å². The Morgan fingerprint density at radius 1 is 1.62 bits per heavy atom. The Morgan fingerprint density at radius 3 is 2.75 bits per heavy atom. The number of rotatable bonds is 2. The van der Waals surface area contributed by atoms with E-state index < -0.39 is 0 Å². The molecule has 0 heterocycles. The molecule has 0 aliphatic heterocycles. The van der Waals surface area contributed by atoms with Crippen molar-refractivity contribution in [3.8, 4) is 0 Å². The highest BCUT2D eigenvalue weighted by Gasteiger charge is 2.15. The number of thiocarbonyl (C=S) groups is 1. The molecule has 0 unspecified atom stereocenters. The zero-order chi connectivity index (χ0) is 5.82. The molecule has 1 fully saturated rings. The van der Waals surface area contributed by atoms with Gasteiger partial charge < -0.3 is 0 Å². The summed E-state index contributed by atoms with van der Waals surface area (Å²) in [6.45, 7) is 0.920. The Labute approximate surface area is 54.8 Å². The maximum absolute atomic E-state index is 4.43. The molecule has 0 amide bonds. The predicted octanol–water partition coefficient (Wildman–Crippen LogP) is 1.89. The van der Waals surface area contributed by atoms with Gasteiger partial charge in [-0.05, 0) is 31.0 Å². The topological polar surface area (TPSA) is 12.4 Å². The Balaban J connectivity index is 2.09. The standard InChI is InChI=1S/C6H9NS/c8-5-7-4-6-2-1-3-6/h6H,1-4H2. The molecule has 0 aromatic carbocycles. The molecule has 0 aromatic heterocycles. The van der Waals surface area contributed by atoms with Gasteiger partial charge in [0.2, 0.25) is 0 Å². The summed E-state index contributed by atoms with van der Waals surface area (Å²) in [6, 6.07) is 0. The van der Waals surface area contributed by atoms with Gasteiger partial charge in [-0.1, -0.05) is 6.42 Å². The number of hydrogen-bond acceptors (Lipinski definition) is 2. The largest absolute Gasteiger partial charge is 0.232 e. The first-order valence-electron chi connectivity index (χ1n) is 2.97. The summed E-state index contributed by atoms with van der Waals surface area (Å²) in [5.41, 5.74) is 0. The number of nitrogens with zero attached hydrogens (tertiary/aromatic N) is 1. The van der Waals surface area contributed by atoms with E-state index in [0.29, 0.717) is 0 Å². The quantitative estimate of drug-likeness (QED) is 0.407. The lowest BCUT2D eigenvalue weighted by atomic mass is 9.86. The fourth-order valence-electron chi connectivity index (χ4n) is 0.842. The third kappa shape index (κ3) is 1.39. The lowest BCUT2D eigenvalue weighted by molar-refractivity contribution is 0.327. The highest BCUT2D eigenvalue weighted by Crippen LogP contribution is 2.25. The van der Waals surface area contributed by atoms with Crippen LogP contribution in [0.15, 0.2) is 4.99 Å². The summed E-state index contributed by atoms with van der Waals surface area (Å²) in [6.07, 6.45) is 4.08. The zero-order valence-electron chi connectivity index (χ0n) is 4.76. The van der Waals surface area contributed by atoms with Gasteiger partial charge in [-0.2, -0.15) is 0 Å². The molecule has 2 heteroatoms. The molecule has 44 valence electrons. The average Bonchev–Trinajstić information content (AvgIpc) is 1.63. The smallest absolute Gasteiger partial charge is 0.0585 e. The fourth-order valence-corrected chi connectivity index (χ4v) is 0.916. The van der Waals surface area contributed by atoms with Gasteiger partial charge in [-0.15, -0.1) is 0 Å². The van der Waals surface area contributed by atoms with E-state index in [1.807, 2.05) is 0 Å². The molecule has 0 bridgehead atoms. The Morgan fingerprint density at radius 2 is 2.38 bits per heavy atom. The molecule has 1 aliphatic carbocycles. The molecule has 1 aliphatic rings. The molecule has 1 rings (SSSR count). The maximum Gasteiger partial charge on any atom is 0.0585 e. The molecule has 1 nitrogen and oxygen atoms in total. The first kappa shape index (κ1) is 5.93. The van der Waals surface area contributed by atoms with Gasteiger partial charge in [0.25, 0.3) is 0 Å². The molecular formula is C6H9NS. The van der Waals surface area contributed by atoms with Gasteiger partial charge in [-0.25, -0.2) is 4.99 Å². The van der Waals surface area contributed by atoms with E-state index in [-0.39, 0.29) is 0 Å². The van der Waals surface area contributed by atoms with Crippen LogP contribution in [0.3, 0.4) is 0 Å². The normalized spacial score (nSPS) is 19.0. The third-order valence-electron chi connectivity index (χ3n) is 1.64. The van der Waals surface area contributed by atoms with Crippen LogP contribution >= 0.6 is 12.2 Å². The summed E-state index contributed by atoms with van der Waals surface area (Å²) >= 11 is 4.43. The SMILES string of the molecule is S=C=NCC1CCC1. The first-order chi connectivity index (χ1) is 3.93. The summed E-state index contributed by atoms with van der Waals surface area (Å²) in [4.78, 5) is 3.86. The van der Waals surface area contributed by atoms with Crippen molar-refractivity contribution in [2.24, 2.45) is 10.9 Å². The highest BCUT2D eigenvalue weighted by atomic mass is 32.1. The van der Waals surface area contributed by atoms with Crippen LogP contribution in [-0.4, -0.2) is 11.7 Å². The number of hydrogen-bond donors (Lipinski definition) is 0. The minimum atomic E-state index is 0.838. The third-order valence-corrected chi connectivity index (χ3v) is 1.77. The second-order valence-corrected chi connectivity index (χ2v) is 2.41. The van der Waals surface area contributed by atoms with Gasteiger partial charge in [0.1, 0.15) is 0 Å². The van der Waals surface area contributed by atoms with Gasteiger partial charge in [0.05, 0.1) is 11.7 Å². The van der Waals surface area contributed by atoms with Crippen molar-refractivity contribution >= 4 is 17.4 Å². The molecule has 8 heavy (non-hydrogen) atoms. The summed E-state index contributed by atoms with van der Waals surface area (Å²) in [5.74, 6) is 0.838. The van der Waals surface area contributed by atoms with E-state index in [1.165, 1.54) is 19.3 Å². The van der Waals surface area contributed by atoms with E-state index in [0.717, 1.165) is 12.5 Å². The molecule has 0 spiro atoms. The van der Waals surface area contributed by atoms with Crippen LogP contribution in [0.2, 0.25) is 0 Å². The van der Waals surface area contributed by atoms with Crippen molar-refractivity contribution in [3.63, 3.8) is 0 Å². The van der Waals surface area contributed by atoms with Gasteiger partial charge in [0.15, 0.2) is 0 Å². The first-order valence-corrected chi connectivity index (χ1v) is 3.38. The van der Waals surface area contributed by atoms with Crippen molar-refractivity contribution in [3.05, 3.63) is 0 Å². The van der Waals surface area contributed by atoms with Crippen LogP contribution in [0.1, 0.15) is 19.3 Å². The van der Waals surface area contributed by atoms with Crippen molar-refractivity contribution in [1.29, 1.82) is 0 Å². The van der Waals surface area contributed by atoms with E-state index >= 15 is 0 Å². The molecule has 0 atom stereocenters. The molecular weight excluding hydrogens is 118 g/mol. The number of isothiocyanates is 1. The Hall–Kier alpha value is -0.200. The van der Waals surface area contributed by atoms with Gasteiger partial charge in [0, 0.05) is 0 Å². The average molecular weight is 127 g/mol. The lowest BCUT2D eigenvalue weighted by Crippen LogP contribution is -2.13. The Kier molecular flexibility index (Phi) is 2.19. The summed E-state index contributed by atoms with van der Waals surface area (Å²) in [7, 11) is 0. The van der Waals surface area contributed by atoms with E-state index in [2.05, 4.69) is 22.4 Å². The molecule has 0 N–H and O–H groups in total. The van der Waals surface area contributed by atoms with Crippen LogP contribution < -0.4 is 0 Å². The van der Waals surface area contributed by atoms with E-state index in [4.69, 9.17) is 0 Å². The highest BCUT2D eigenvalue weighted by molar-refractivity contribution is 7.78. The lowest BCUT2D eigenvalue weighted by Gasteiger charge is -2.22. The maximum atomic E-state index is 4.43. The van der Waals surface area contributed by atoms with Gasteiger partial charge in [-0.3, -0.25) is 0 Å². The zero-order valence-corrected chi connectivity index (χ0v) is 5.58. The fraction of sp³-hybridized carbons (Fsp3) is 0.833. The van der Waals surface area contributed by atoms with Crippen LogP contribution in [0.4, 0.5) is 0 Å². The summed E-state index contributed by atoms with van der Waals surface area (Å²) in [5, 5.41) is 2.38. The second-order valence-electron chi connectivity index (χ2n) is 2.23. The van der Waals surface area contributed by atoms with Crippen molar-refractivity contribution in [2.75, 3.05) is 6.54 Å². The molecule has 0 aromatic rings. The van der Waals surface area contributed by atoms with Crippen molar-refractivity contribution < 1.29 is 0 Å². The van der Waals surface area contributed by atoms with E-state index in [9.17, 15) is 0 Å². The molecule has 1 saturated carbocycles. The predicted molar refractivity (Wildman–Crippen MR) is 37.2 cm³/mol. The van der Waals surface area contributed by atoms with E-state index in [1.54, 1.807) is 0 Å². The van der Waals surface area contributed by atoms with Crippen molar-refractivity contribution in [1.82, 2.24) is 0 Å².